The molecule has 0 radical (unpaired) electrons. The van der Waals surface area contributed by atoms with Crippen molar-refractivity contribution in [3.8, 4) is 5.75 Å². The van der Waals surface area contributed by atoms with Crippen LogP contribution in [0.1, 0.15) is 38.5 Å². The Morgan fingerprint density at radius 2 is 1.84 bits per heavy atom. The molecular weight excluding hydrogens is 302 g/mol. The number of benzene rings is 1. The maximum atomic E-state index is 5.75. The number of halogens is 1. The van der Waals surface area contributed by atoms with Gasteiger partial charge in [-0.1, -0.05) is 35.2 Å². The molecule has 1 fully saturated rings. The van der Waals surface area contributed by atoms with E-state index in [-0.39, 0.29) is 0 Å². The lowest BCUT2D eigenvalue weighted by atomic mass is 9.94. The molecule has 0 saturated heterocycles. The summed E-state index contributed by atoms with van der Waals surface area (Å²) < 4.78 is 6.85. The quantitative estimate of drug-likeness (QED) is 0.715. The van der Waals surface area contributed by atoms with E-state index in [0.717, 1.165) is 35.8 Å². The largest absolute Gasteiger partial charge is 0.494 e. The monoisotopic (exact) mass is 325 g/mol. The Hall–Kier alpha value is -0.540. The highest BCUT2D eigenvalue weighted by Gasteiger charge is 2.17. The van der Waals surface area contributed by atoms with Gasteiger partial charge >= 0.3 is 0 Å². The lowest BCUT2D eigenvalue weighted by Gasteiger charge is -2.31. The van der Waals surface area contributed by atoms with Crippen LogP contribution >= 0.6 is 15.9 Å². The summed E-state index contributed by atoms with van der Waals surface area (Å²) in [6.45, 7) is 1.94. The fourth-order valence-corrected chi connectivity index (χ4v) is 3.00. The van der Waals surface area contributed by atoms with Gasteiger partial charge in [-0.3, -0.25) is 0 Å². The maximum absolute atomic E-state index is 5.75. The number of ether oxygens (including phenoxy) is 1. The Balaban J connectivity index is 1.62. The van der Waals surface area contributed by atoms with E-state index in [1.165, 1.54) is 32.1 Å². The molecule has 0 atom stereocenters. The summed E-state index contributed by atoms with van der Waals surface area (Å²) >= 11 is 3.43. The molecule has 19 heavy (non-hydrogen) atoms. The van der Waals surface area contributed by atoms with Crippen LogP contribution in [0.15, 0.2) is 28.7 Å². The van der Waals surface area contributed by atoms with Crippen molar-refractivity contribution in [2.45, 2.75) is 44.6 Å². The van der Waals surface area contributed by atoms with Crippen LogP contribution in [0.25, 0.3) is 0 Å². The highest BCUT2D eigenvalue weighted by Crippen LogP contribution is 2.21. The Bertz CT molecular complexity index is 360. The SMILES string of the molecule is CN(CCCOc1ccc(Br)cc1)C1CCCCC1. The van der Waals surface area contributed by atoms with E-state index in [9.17, 15) is 0 Å². The molecule has 0 N–H and O–H groups in total. The summed E-state index contributed by atoms with van der Waals surface area (Å²) in [6.07, 6.45) is 8.10. The van der Waals surface area contributed by atoms with Crippen LogP contribution in [0.3, 0.4) is 0 Å². The second-order valence-electron chi connectivity index (χ2n) is 5.43. The van der Waals surface area contributed by atoms with Crippen molar-refractivity contribution in [3.05, 3.63) is 28.7 Å². The summed E-state index contributed by atoms with van der Waals surface area (Å²) in [5, 5.41) is 0. The van der Waals surface area contributed by atoms with Gasteiger partial charge in [-0.2, -0.15) is 0 Å². The zero-order valence-electron chi connectivity index (χ0n) is 11.8. The van der Waals surface area contributed by atoms with Crippen LogP contribution in [0.2, 0.25) is 0 Å². The molecule has 3 heteroatoms. The zero-order valence-corrected chi connectivity index (χ0v) is 13.4. The first-order valence-corrected chi connectivity index (χ1v) is 8.13. The van der Waals surface area contributed by atoms with Crippen molar-refractivity contribution in [1.82, 2.24) is 4.90 Å². The van der Waals surface area contributed by atoms with Crippen molar-refractivity contribution in [2.24, 2.45) is 0 Å². The van der Waals surface area contributed by atoms with Crippen molar-refractivity contribution < 1.29 is 4.74 Å². The normalized spacial score (nSPS) is 16.8. The van der Waals surface area contributed by atoms with Gasteiger partial charge in [0.05, 0.1) is 6.61 Å². The van der Waals surface area contributed by atoms with E-state index in [2.05, 4.69) is 27.9 Å². The van der Waals surface area contributed by atoms with E-state index in [1.807, 2.05) is 24.3 Å². The Kier molecular flexibility index (Phi) is 6.18. The minimum Gasteiger partial charge on any atom is -0.494 e. The van der Waals surface area contributed by atoms with Gasteiger partial charge in [-0.25, -0.2) is 0 Å². The smallest absolute Gasteiger partial charge is 0.119 e. The number of hydrogen-bond acceptors (Lipinski definition) is 2. The summed E-state index contributed by atoms with van der Waals surface area (Å²) in [5.74, 6) is 0.962. The number of nitrogens with zero attached hydrogens (tertiary/aromatic N) is 1. The molecule has 1 aliphatic rings. The first kappa shape index (κ1) is 14.9. The predicted molar refractivity (Wildman–Crippen MR) is 83.8 cm³/mol. The lowest BCUT2D eigenvalue weighted by Crippen LogP contribution is -2.34. The average Bonchev–Trinajstić information content (AvgIpc) is 2.46. The molecule has 1 aromatic carbocycles. The summed E-state index contributed by atoms with van der Waals surface area (Å²) in [4.78, 5) is 2.52. The molecule has 1 aromatic rings. The van der Waals surface area contributed by atoms with Gasteiger partial charge in [0.15, 0.2) is 0 Å². The minimum atomic E-state index is 0.804. The first-order chi connectivity index (χ1) is 9.25. The molecule has 1 saturated carbocycles. The molecule has 0 aromatic heterocycles. The minimum absolute atomic E-state index is 0.804. The molecule has 0 bridgehead atoms. The third-order valence-corrected chi connectivity index (χ3v) is 4.46. The molecule has 0 amide bonds. The van der Waals surface area contributed by atoms with Gasteiger partial charge in [0.1, 0.15) is 5.75 Å². The molecule has 1 aliphatic carbocycles. The van der Waals surface area contributed by atoms with Gasteiger partial charge in [-0.15, -0.1) is 0 Å². The number of hydrogen-bond donors (Lipinski definition) is 0. The molecule has 2 nitrogen and oxygen atoms in total. The molecule has 0 heterocycles. The molecule has 106 valence electrons. The Morgan fingerprint density at radius 1 is 1.16 bits per heavy atom. The van der Waals surface area contributed by atoms with E-state index in [1.54, 1.807) is 0 Å². The molecule has 0 spiro atoms. The van der Waals surface area contributed by atoms with Crippen LogP contribution in [0.4, 0.5) is 0 Å². The highest BCUT2D eigenvalue weighted by molar-refractivity contribution is 9.10. The van der Waals surface area contributed by atoms with Crippen LogP contribution in [0, 0.1) is 0 Å². The second kappa shape index (κ2) is 7.91. The van der Waals surface area contributed by atoms with Crippen LogP contribution in [-0.2, 0) is 0 Å². The fraction of sp³-hybridized carbons (Fsp3) is 0.625. The zero-order chi connectivity index (χ0) is 13.5. The molecular formula is C16H24BrNO. The predicted octanol–water partition coefficient (Wildman–Crippen LogP) is 4.48. The lowest BCUT2D eigenvalue weighted by molar-refractivity contribution is 0.177. The van der Waals surface area contributed by atoms with Crippen molar-refractivity contribution in [3.63, 3.8) is 0 Å². The van der Waals surface area contributed by atoms with Gasteiger partial charge in [-0.05, 0) is 50.6 Å². The standard InChI is InChI=1S/C16H24BrNO/c1-18(15-6-3-2-4-7-15)12-5-13-19-16-10-8-14(17)9-11-16/h8-11,15H,2-7,12-13H2,1H3. The highest BCUT2D eigenvalue weighted by atomic mass is 79.9. The van der Waals surface area contributed by atoms with E-state index in [4.69, 9.17) is 4.74 Å². The van der Waals surface area contributed by atoms with Crippen LogP contribution < -0.4 is 4.74 Å². The van der Waals surface area contributed by atoms with Gasteiger partial charge < -0.3 is 9.64 Å². The van der Waals surface area contributed by atoms with Crippen molar-refractivity contribution in [1.29, 1.82) is 0 Å². The molecule has 2 rings (SSSR count). The van der Waals surface area contributed by atoms with Crippen LogP contribution in [-0.4, -0.2) is 31.1 Å². The van der Waals surface area contributed by atoms with Crippen LogP contribution in [0.5, 0.6) is 5.75 Å². The third-order valence-electron chi connectivity index (χ3n) is 3.94. The second-order valence-corrected chi connectivity index (χ2v) is 6.34. The molecule has 0 aliphatic heterocycles. The first-order valence-electron chi connectivity index (χ1n) is 7.34. The van der Waals surface area contributed by atoms with Gasteiger partial charge in [0.25, 0.3) is 0 Å². The van der Waals surface area contributed by atoms with E-state index < -0.39 is 0 Å². The summed E-state index contributed by atoms with van der Waals surface area (Å²) in [7, 11) is 2.26. The van der Waals surface area contributed by atoms with Crippen molar-refractivity contribution in [2.75, 3.05) is 20.2 Å². The summed E-state index contributed by atoms with van der Waals surface area (Å²) in [5.41, 5.74) is 0. The summed E-state index contributed by atoms with van der Waals surface area (Å²) in [6, 6.07) is 8.86. The molecule has 0 unspecified atom stereocenters. The van der Waals surface area contributed by atoms with Gasteiger partial charge in [0.2, 0.25) is 0 Å². The van der Waals surface area contributed by atoms with Gasteiger partial charge in [0, 0.05) is 17.1 Å². The maximum Gasteiger partial charge on any atom is 0.119 e. The van der Waals surface area contributed by atoms with E-state index >= 15 is 0 Å². The van der Waals surface area contributed by atoms with E-state index in [0.29, 0.717) is 0 Å². The Labute approximate surface area is 125 Å². The fourth-order valence-electron chi connectivity index (χ4n) is 2.74. The third kappa shape index (κ3) is 5.15. The Morgan fingerprint density at radius 3 is 2.53 bits per heavy atom. The van der Waals surface area contributed by atoms with Crippen molar-refractivity contribution >= 4 is 15.9 Å². The topological polar surface area (TPSA) is 12.5 Å². The average molecular weight is 326 g/mol. The number of rotatable bonds is 6.